The van der Waals surface area contributed by atoms with Crippen LogP contribution in [-0.4, -0.2) is 30.6 Å². The molecule has 108 valence electrons. The van der Waals surface area contributed by atoms with E-state index in [1.165, 1.54) is 20.0 Å². The van der Waals surface area contributed by atoms with Gasteiger partial charge in [0.25, 0.3) is 6.21 Å². The first kappa shape index (κ1) is 14.8. The fraction of sp³-hybridized carbons (Fsp3) is 0.429. The minimum atomic E-state index is -0.671. The summed E-state index contributed by atoms with van der Waals surface area (Å²) in [6.45, 7) is 0.698. The molecule has 0 radical (unpaired) electrons. The number of nitrogens with zero attached hydrogens (tertiary/aromatic N) is 1. The molecule has 20 heavy (non-hydrogen) atoms. The molecule has 2 rings (SSSR count). The molecule has 0 bridgehead atoms. The number of carbonyl (C=O) groups is 1. The highest BCUT2D eigenvalue weighted by Gasteiger charge is 2.23. The van der Waals surface area contributed by atoms with Crippen LogP contribution in [-0.2, 0) is 16.1 Å². The zero-order valence-corrected chi connectivity index (χ0v) is 12.8. The third-order valence-corrected chi connectivity index (χ3v) is 3.61. The van der Waals surface area contributed by atoms with Gasteiger partial charge in [-0.2, -0.15) is 0 Å². The predicted octanol–water partition coefficient (Wildman–Crippen LogP) is 2.49. The molecule has 0 atom stereocenters. The van der Waals surface area contributed by atoms with Crippen molar-refractivity contribution in [1.29, 1.82) is 0 Å². The van der Waals surface area contributed by atoms with Crippen LogP contribution in [0.5, 0.6) is 5.75 Å². The Morgan fingerprint density at radius 2 is 2.30 bits per heavy atom. The number of para-hydroxylation sites is 1. The second-order valence-electron chi connectivity index (χ2n) is 4.71. The molecule has 0 saturated heterocycles. The molecule has 0 spiro atoms. The molecule has 0 aromatic heterocycles. The molecule has 1 aromatic carbocycles. The number of ether oxygens (including phenoxy) is 2. The second kappa shape index (κ2) is 6.74. The van der Waals surface area contributed by atoms with E-state index in [1.807, 2.05) is 18.2 Å². The van der Waals surface area contributed by atoms with Crippen molar-refractivity contribution in [3.8, 4) is 5.75 Å². The monoisotopic (exact) mass is 341 g/mol. The number of hydrogen-bond donors (Lipinski definition) is 0. The van der Waals surface area contributed by atoms with E-state index in [0.29, 0.717) is 23.0 Å². The van der Waals surface area contributed by atoms with Crippen molar-refractivity contribution in [3.63, 3.8) is 0 Å². The molecular formula is C14H16BrNO4. The van der Waals surface area contributed by atoms with Crippen molar-refractivity contribution in [1.82, 2.24) is 0 Å². The molecule has 0 N–H and O–H groups in total. The van der Waals surface area contributed by atoms with E-state index >= 15 is 0 Å². The van der Waals surface area contributed by atoms with Crippen molar-refractivity contribution in [2.75, 3.05) is 13.7 Å². The standard InChI is InChI=1S/C14H16BrNO4/c1-19-13(17)8-16(18)7-11-3-2-4-12(15)14(11)20-9-10-5-6-10/h2-4,8,10H,5-7,9H2,1H3/b16-8-. The lowest BCUT2D eigenvalue weighted by molar-refractivity contribution is -0.469. The van der Waals surface area contributed by atoms with E-state index in [9.17, 15) is 10.0 Å². The second-order valence-corrected chi connectivity index (χ2v) is 5.56. The van der Waals surface area contributed by atoms with Crippen molar-refractivity contribution < 1.29 is 19.0 Å². The SMILES string of the molecule is COC(=O)/C=[N+](\[O-])Cc1cccc(Br)c1OCC1CC1. The first-order chi connectivity index (χ1) is 9.60. The smallest absolute Gasteiger partial charge is 0.396 e. The normalized spacial score (nSPS) is 15.0. The Balaban J connectivity index is 2.11. The van der Waals surface area contributed by atoms with E-state index in [4.69, 9.17) is 4.74 Å². The van der Waals surface area contributed by atoms with E-state index in [-0.39, 0.29) is 6.54 Å². The number of carbonyl (C=O) groups excluding carboxylic acids is 1. The van der Waals surface area contributed by atoms with Gasteiger partial charge < -0.3 is 14.7 Å². The zero-order valence-electron chi connectivity index (χ0n) is 11.2. The number of hydroxylamine groups is 1. The summed E-state index contributed by atoms with van der Waals surface area (Å²) in [6, 6.07) is 5.50. The average molecular weight is 342 g/mol. The molecule has 0 unspecified atom stereocenters. The Morgan fingerprint density at radius 3 is 2.95 bits per heavy atom. The summed E-state index contributed by atoms with van der Waals surface area (Å²) in [5, 5.41) is 11.7. The van der Waals surface area contributed by atoms with Crippen molar-refractivity contribution in [3.05, 3.63) is 33.4 Å². The van der Waals surface area contributed by atoms with Crippen LogP contribution in [0.4, 0.5) is 0 Å². The Bertz CT molecular complexity index is 526. The topological polar surface area (TPSA) is 61.6 Å². The number of rotatable bonds is 6. The quantitative estimate of drug-likeness (QED) is 0.262. The van der Waals surface area contributed by atoms with Crippen LogP contribution in [0.2, 0.25) is 0 Å². The van der Waals surface area contributed by atoms with Gasteiger partial charge in [-0.1, -0.05) is 6.07 Å². The van der Waals surface area contributed by atoms with E-state index in [1.54, 1.807) is 0 Å². The fourth-order valence-corrected chi connectivity index (χ4v) is 2.23. The largest absolute Gasteiger partial charge is 0.623 e. The van der Waals surface area contributed by atoms with Gasteiger partial charge in [-0.3, -0.25) is 0 Å². The van der Waals surface area contributed by atoms with Gasteiger partial charge in [-0.05, 0) is 46.8 Å². The van der Waals surface area contributed by atoms with Gasteiger partial charge in [0.2, 0.25) is 0 Å². The summed E-state index contributed by atoms with van der Waals surface area (Å²) in [7, 11) is 1.23. The highest BCUT2D eigenvalue weighted by Crippen LogP contribution is 2.34. The fourth-order valence-electron chi connectivity index (χ4n) is 1.71. The van der Waals surface area contributed by atoms with Crippen LogP contribution < -0.4 is 4.74 Å². The maximum atomic E-state index is 11.7. The van der Waals surface area contributed by atoms with Gasteiger partial charge in [0, 0.05) is 0 Å². The molecule has 6 heteroatoms. The lowest BCUT2D eigenvalue weighted by atomic mass is 10.2. The number of halogens is 1. The van der Waals surface area contributed by atoms with E-state index in [0.717, 1.165) is 16.3 Å². The summed E-state index contributed by atoms with van der Waals surface area (Å²) >= 11 is 3.42. The Hall–Kier alpha value is -1.56. The summed E-state index contributed by atoms with van der Waals surface area (Å²) in [5.41, 5.74) is 0.732. The number of hydrogen-bond acceptors (Lipinski definition) is 4. The molecule has 1 saturated carbocycles. The lowest BCUT2D eigenvalue weighted by Crippen LogP contribution is -2.14. The van der Waals surface area contributed by atoms with Crippen LogP contribution >= 0.6 is 15.9 Å². The van der Waals surface area contributed by atoms with Gasteiger partial charge >= 0.3 is 5.97 Å². The maximum absolute atomic E-state index is 11.7. The summed E-state index contributed by atoms with van der Waals surface area (Å²) in [5.74, 6) is 0.619. The predicted molar refractivity (Wildman–Crippen MR) is 77.8 cm³/mol. The van der Waals surface area contributed by atoms with Crippen LogP contribution in [0.15, 0.2) is 22.7 Å². The molecule has 1 fully saturated rings. The molecule has 1 aliphatic carbocycles. The van der Waals surface area contributed by atoms with E-state index in [2.05, 4.69) is 20.7 Å². The van der Waals surface area contributed by atoms with Crippen molar-refractivity contribution in [2.24, 2.45) is 5.92 Å². The van der Waals surface area contributed by atoms with Gasteiger partial charge in [-0.15, -0.1) is 0 Å². The van der Waals surface area contributed by atoms with Gasteiger partial charge in [-0.25, -0.2) is 9.53 Å². The van der Waals surface area contributed by atoms with Gasteiger partial charge in [0.15, 0.2) is 6.54 Å². The van der Waals surface area contributed by atoms with E-state index < -0.39 is 5.97 Å². The summed E-state index contributed by atoms with van der Waals surface area (Å²) in [4.78, 5) is 11.0. The van der Waals surface area contributed by atoms with Gasteiger partial charge in [0.05, 0.1) is 23.8 Å². The third-order valence-electron chi connectivity index (χ3n) is 2.99. The molecular weight excluding hydrogens is 326 g/mol. The molecule has 0 aliphatic heterocycles. The highest BCUT2D eigenvalue weighted by atomic mass is 79.9. The number of benzene rings is 1. The van der Waals surface area contributed by atoms with Crippen molar-refractivity contribution >= 4 is 28.1 Å². The lowest BCUT2D eigenvalue weighted by Gasteiger charge is -2.12. The van der Waals surface area contributed by atoms with Crippen molar-refractivity contribution in [2.45, 2.75) is 19.4 Å². The molecule has 1 aromatic rings. The first-order valence-corrected chi connectivity index (χ1v) is 7.16. The zero-order chi connectivity index (χ0) is 14.5. The Kier molecular flexibility index (Phi) is 5.00. The number of esters is 1. The average Bonchev–Trinajstić information content (AvgIpc) is 3.22. The Labute approximate surface area is 125 Å². The van der Waals surface area contributed by atoms with Crippen LogP contribution in [0.25, 0.3) is 0 Å². The molecule has 0 heterocycles. The highest BCUT2D eigenvalue weighted by molar-refractivity contribution is 9.10. The van der Waals surface area contributed by atoms with Crippen LogP contribution in [0.3, 0.4) is 0 Å². The third kappa shape index (κ3) is 4.23. The minimum absolute atomic E-state index is 0.0362. The molecule has 5 nitrogen and oxygen atoms in total. The molecule has 1 aliphatic rings. The van der Waals surface area contributed by atoms with Crippen LogP contribution in [0, 0.1) is 11.1 Å². The number of methoxy groups -OCH3 is 1. The Morgan fingerprint density at radius 1 is 1.55 bits per heavy atom. The first-order valence-electron chi connectivity index (χ1n) is 6.37. The summed E-state index contributed by atoms with van der Waals surface area (Å²) < 4.78 is 11.6. The summed E-state index contributed by atoms with van der Waals surface area (Å²) in [6.07, 6.45) is 3.28. The van der Waals surface area contributed by atoms with Gasteiger partial charge in [0.1, 0.15) is 5.75 Å². The van der Waals surface area contributed by atoms with Crippen LogP contribution in [0.1, 0.15) is 18.4 Å². The molecule has 0 amide bonds. The maximum Gasteiger partial charge on any atom is 0.396 e. The minimum Gasteiger partial charge on any atom is -0.623 e.